The Balaban J connectivity index is 0.00000289. The molecule has 5 nitrogen and oxygen atoms in total. The maximum Gasteiger partial charge on any atom is 0.267 e. The molecule has 0 spiro atoms. The second-order valence-corrected chi connectivity index (χ2v) is 7.94. The number of para-hydroxylation sites is 1. The summed E-state index contributed by atoms with van der Waals surface area (Å²) in [6.45, 7) is 0.864. The maximum absolute atomic E-state index is 13.1. The van der Waals surface area contributed by atoms with E-state index in [0.717, 1.165) is 11.1 Å². The zero-order valence-corrected chi connectivity index (χ0v) is 19.6. The quantitative estimate of drug-likeness (QED) is 0.519. The van der Waals surface area contributed by atoms with Crippen molar-refractivity contribution in [3.8, 4) is 0 Å². The second-order valence-electron chi connectivity index (χ2n) is 6.93. The van der Waals surface area contributed by atoms with Crippen LogP contribution in [0, 0.1) is 0 Å². The predicted molar refractivity (Wildman–Crippen MR) is 125 cm³/mol. The first-order chi connectivity index (χ1) is 15.2. The summed E-state index contributed by atoms with van der Waals surface area (Å²) in [5, 5.41) is 3.38. The van der Waals surface area contributed by atoms with Crippen molar-refractivity contribution in [3.63, 3.8) is 0 Å². The predicted octanol–water partition coefficient (Wildman–Crippen LogP) is 1.84. The van der Waals surface area contributed by atoms with Gasteiger partial charge in [-0.3, -0.25) is 19.5 Å². The van der Waals surface area contributed by atoms with Gasteiger partial charge >= 0.3 is 0 Å². The summed E-state index contributed by atoms with van der Waals surface area (Å²) >= 11 is 1.23. The van der Waals surface area contributed by atoms with Crippen LogP contribution in [-0.4, -0.2) is 21.9 Å². The molecule has 0 bridgehead atoms. The molecule has 0 aromatic heterocycles. The molecule has 0 aliphatic carbocycles. The third-order valence-corrected chi connectivity index (χ3v) is 5.66. The zero-order valence-electron chi connectivity index (χ0n) is 17.1. The van der Waals surface area contributed by atoms with Crippen LogP contribution in [0.5, 0.6) is 0 Å². The topological polar surface area (TPSA) is 61.8 Å². The van der Waals surface area contributed by atoms with E-state index in [1.54, 1.807) is 17.0 Å². The summed E-state index contributed by atoms with van der Waals surface area (Å²) in [7, 11) is 0. The van der Waals surface area contributed by atoms with Crippen LogP contribution in [0.3, 0.4) is 0 Å². The Labute approximate surface area is 202 Å². The number of nitrogens with zero attached hydrogens (tertiary/aromatic N) is 2. The lowest BCUT2D eigenvalue weighted by molar-refractivity contribution is -0.123. The van der Waals surface area contributed by atoms with Crippen molar-refractivity contribution in [1.82, 2.24) is 4.90 Å². The molecule has 1 fully saturated rings. The van der Waals surface area contributed by atoms with E-state index >= 15 is 0 Å². The van der Waals surface area contributed by atoms with Gasteiger partial charge in [-0.05, 0) is 35.0 Å². The lowest BCUT2D eigenvalue weighted by Gasteiger charge is -2.15. The highest BCUT2D eigenvalue weighted by molar-refractivity contribution is 8.18. The van der Waals surface area contributed by atoms with E-state index in [-0.39, 0.29) is 28.8 Å². The van der Waals surface area contributed by atoms with Crippen LogP contribution in [-0.2, 0) is 22.7 Å². The van der Waals surface area contributed by atoms with Gasteiger partial charge in [-0.15, -0.1) is 0 Å². The fourth-order valence-electron chi connectivity index (χ4n) is 3.09. The van der Waals surface area contributed by atoms with Gasteiger partial charge in [0.2, 0.25) is 5.91 Å². The monoisotopic (exact) mass is 506 g/mol. The van der Waals surface area contributed by atoms with E-state index in [2.05, 4.69) is 10.3 Å². The van der Waals surface area contributed by atoms with Gasteiger partial charge in [0.15, 0.2) is 5.17 Å². The molecule has 3 aromatic carbocycles. The average Bonchev–Trinajstić information content (AvgIpc) is 3.08. The molecule has 0 saturated carbocycles. The van der Waals surface area contributed by atoms with Crippen molar-refractivity contribution >= 4 is 34.4 Å². The maximum atomic E-state index is 13.1. The van der Waals surface area contributed by atoms with Gasteiger partial charge in [0.05, 0.1) is 18.0 Å². The summed E-state index contributed by atoms with van der Waals surface area (Å²) in [5.41, 5.74) is 2.74. The van der Waals surface area contributed by atoms with E-state index in [9.17, 15) is 9.59 Å². The Kier molecular flexibility index (Phi) is 8.41. The zero-order chi connectivity index (χ0) is 21.5. The first kappa shape index (κ1) is 23.5. The van der Waals surface area contributed by atoms with E-state index in [0.29, 0.717) is 28.8 Å². The highest BCUT2D eigenvalue weighted by atomic mass is 79.9. The minimum atomic E-state index is -0.342. The van der Waals surface area contributed by atoms with Crippen molar-refractivity contribution in [2.24, 2.45) is 4.99 Å². The molecule has 0 radical (unpaired) electrons. The number of carbonyl (C=O) groups excluding carboxylic acids is 2. The number of amides is 2. The molecular weight excluding hydrogens is 486 g/mol. The Morgan fingerprint density at radius 3 is 2.06 bits per heavy atom. The highest BCUT2D eigenvalue weighted by Crippen LogP contribution is 2.32. The molecule has 1 heterocycles. The first-order valence-electron chi connectivity index (χ1n) is 9.89. The highest BCUT2D eigenvalue weighted by Gasteiger charge is 2.33. The van der Waals surface area contributed by atoms with Gasteiger partial charge in [-0.1, -0.05) is 78.9 Å². The second kappa shape index (κ2) is 11.5. The van der Waals surface area contributed by atoms with Crippen LogP contribution in [0.4, 0.5) is 5.69 Å². The van der Waals surface area contributed by atoms with Gasteiger partial charge in [-0.25, -0.2) is 0 Å². The van der Waals surface area contributed by atoms with Crippen molar-refractivity contribution in [2.45, 2.75) is 13.1 Å². The number of hydrogen-bond acceptors (Lipinski definition) is 4. The molecular formula is C25H21BrN3O2S-. The third kappa shape index (κ3) is 6.18. The number of aliphatic imine (C=N–C) groups is 1. The number of anilines is 1. The Bertz CT molecular complexity index is 1120. The number of hydrogen-bond donors (Lipinski definition) is 1. The average molecular weight is 507 g/mol. The number of rotatable bonds is 6. The van der Waals surface area contributed by atoms with E-state index < -0.39 is 0 Å². The molecule has 7 heteroatoms. The minimum Gasteiger partial charge on any atom is -1.00 e. The first-order valence-corrected chi connectivity index (χ1v) is 10.7. The third-order valence-electron chi connectivity index (χ3n) is 4.61. The van der Waals surface area contributed by atoms with Crippen LogP contribution in [0.1, 0.15) is 11.1 Å². The molecule has 1 aliphatic rings. The molecule has 1 aliphatic heterocycles. The molecule has 3 aromatic rings. The summed E-state index contributed by atoms with van der Waals surface area (Å²) in [5.74, 6) is -0.560. The lowest BCUT2D eigenvalue weighted by Crippen LogP contribution is -3.00. The van der Waals surface area contributed by atoms with Gasteiger partial charge in [0.1, 0.15) is 0 Å². The van der Waals surface area contributed by atoms with Crippen LogP contribution in [0.15, 0.2) is 107 Å². The van der Waals surface area contributed by atoms with Crippen LogP contribution >= 0.6 is 11.8 Å². The lowest BCUT2D eigenvalue weighted by atomic mass is 10.2. The summed E-state index contributed by atoms with van der Waals surface area (Å²) < 4.78 is 0. The number of thioether (sulfide) groups is 1. The standard InChI is InChI=1S/C25H21N3O2S.BrH/c29-23(27-21-14-8-3-9-15-21)16-22-24(30)28(18-20-12-6-2-7-13-20)25(31-22)26-17-19-10-4-1-5-11-19;/h1-16H,17-18H2,(H,27,29);1H/p-1/b22-16-,26-25?;. The number of nitrogens with one attached hydrogen (secondary N) is 1. The Hall–Kier alpha value is -3.16. The van der Waals surface area contributed by atoms with Gasteiger partial charge < -0.3 is 22.3 Å². The van der Waals surface area contributed by atoms with Crippen LogP contribution in [0.2, 0.25) is 0 Å². The minimum absolute atomic E-state index is 0. The number of carbonyl (C=O) groups is 2. The number of amidine groups is 1. The van der Waals surface area contributed by atoms with Crippen molar-refractivity contribution in [1.29, 1.82) is 0 Å². The van der Waals surface area contributed by atoms with E-state index in [1.807, 2.05) is 78.9 Å². The van der Waals surface area contributed by atoms with Crippen molar-refractivity contribution in [3.05, 3.63) is 113 Å². The Morgan fingerprint density at radius 2 is 1.44 bits per heavy atom. The van der Waals surface area contributed by atoms with Crippen molar-refractivity contribution in [2.75, 3.05) is 5.32 Å². The summed E-state index contributed by atoms with van der Waals surface area (Å²) in [4.78, 5) is 32.2. The number of benzene rings is 3. The number of halogens is 1. The van der Waals surface area contributed by atoms with Crippen molar-refractivity contribution < 1.29 is 26.6 Å². The molecule has 1 saturated heterocycles. The summed E-state index contributed by atoms with van der Waals surface area (Å²) in [6.07, 6.45) is 1.35. The fraction of sp³-hybridized carbons (Fsp3) is 0.0800. The SMILES string of the molecule is O=C(/C=C1\SC(=NCc2ccccc2)N(Cc2ccccc2)C1=O)Nc1ccccc1.[Br-]. The van der Waals surface area contributed by atoms with E-state index in [4.69, 9.17) is 0 Å². The van der Waals surface area contributed by atoms with Gasteiger partial charge in [0, 0.05) is 11.8 Å². The molecule has 2 amide bonds. The molecule has 32 heavy (non-hydrogen) atoms. The van der Waals surface area contributed by atoms with Crippen LogP contribution < -0.4 is 22.3 Å². The largest absolute Gasteiger partial charge is 1.00 e. The molecule has 0 atom stereocenters. The molecule has 1 N–H and O–H groups in total. The van der Waals surface area contributed by atoms with Crippen LogP contribution in [0.25, 0.3) is 0 Å². The molecule has 4 rings (SSSR count). The Morgan fingerprint density at radius 1 is 0.875 bits per heavy atom. The van der Waals surface area contributed by atoms with Gasteiger partial charge in [0.25, 0.3) is 5.91 Å². The smallest absolute Gasteiger partial charge is 0.267 e. The summed E-state index contributed by atoms with van der Waals surface area (Å²) in [6, 6.07) is 28.8. The van der Waals surface area contributed by atoms with Gasteiger partial charge in [-0.2, -0.15) is 0 Å². The molecule has 162 valence electrons. The normalized spacial score (nSPS) is 15.6. The molecule has 0 unspecified atom stereocenters. The van der Waals surface area contributed by atoms with E-state index in [1.165, 1.54) is 17.8 Å². The fourth-order valence-corrected chi connectivity index (χ4v) is 4.04.